The van der Waals surface area contributed by atoms with Crippen LogP contribution in [0.3, 0.4) is 0 Å². The van der Waals surface area contributed by atoms with Crippen molar-refractivity contribution in [3.63, 3.8) is 0 Å². The second-order valence-corrected chi connectivity index (χ2v) is 6.16. The minimum atomic E-state index is -3.38. The molecule has 0 aromatic carbocycles. The summed E-state index contributed by atoms with van der Waals surface area (Å²) < 4.78 is 29.2. The molecule has 0 aliphatic carbocycles. The van der Waals surface area contributed by atoms with Crippen LogP contribution in [-0.2, 0) is 14.8 Å². The molecular weight excluding hydrogens is 254 g/mol. The molecule has 0 unspecified atom stereocenters. The Balaban J connectivity index is 3.01. The number of esters is 1. The van der Waals surface area contributed by atoms with Crippen molar-refractivity contribution in [1.29, 1.82) is 0 Å². The van der Waals surface area contributed by atoms with Crippen LogP contribution in [0.15, 0.2) is 6.20 Å². The summed E-state index contributed by atoms with van der Waals surface area (Å²) in [7, 11) is -3.38. The number of rotatable bonds is 5. The van der Waals surface area contributed by atoms with E-state index in [9.17, 15) is 13.2 Å². The standard InChI is InChI=1S/C12H19NO4S/c1-5-6-7-17-12(14)11-8-13(18(4,15)16)10(3)9(11)2/h8H,5-7H2,1-4H3. The Bertz CT molecular complexity index is 543. The van der Waals surface area contributed by atoms with Crippen LogP contribution >= 0.6 is 0 Å². The van der Waals surface area contributed by atoms with E-state index in [1.54, 1.807) is 13.8 Å². The van der Waals surface area contributed by atoms with Crippen molar-refractivity contribution < 1.29 is 17.9 Å². The van der Waals surface area contributed by atoms with Gasteiger partial charge in [0.25, 0.3) is 0 Å². The lowest BCUT2D eigenvalue weighted by Crippen LogP contribution is -2.10. The maximum Gasteiger partial charge on any atom is 0.339 e. The van der Waals surface area contributed by atoms with Crippen molar-refractivity contribution in [3.05, 3.63) is 23.0 Å². The maximum atomic E-state index is 11.8. The monoisotopic (exact) mass is 273 g/mol. The highest BCUT2D eigenvalue weighted by Gasteiger charge is 2.20. The van der Waals surface area contributed by atoms with Gasteiger partial charge in [-0.1, -0.05) is 13.3 Å². The molecule has 0 spiro atoms. The number of carbonyl (C=O) groups excluding carboxylic acids is 1. The molecule has 1 aromatic heterocycles. The molecule has 0 aliphatic heterocycles. The molecule has 0 saturated heterocycles. The zero-order valence-corrected chi connectivity index (χ0v) is 12.0. The summed E-state index contributed by atoms with van der Waals surface area (Å²) in [4.78, 5) is 11.8. The molecule has 6 heteroatoms. The van der Waals surface area contributed by atoms with E-state index in [-0.39, 0.29) is 0 Å². The van der Waals surface area contributed by atoms with E-state index in [4.69, 9.17) is 4.74 Å². The van der Waals surface area contributed by atoms with E-state index in [0.717, 1.165) is 23.1 Å². The van der Waals surface area contributed by atoms with E-state index in [2.05, 4.69) is 0 Å². The summed E-state index contributed by atoms with van der Waals surface area (Å²) in [5.74, 6) is -0.466. The molecular formula is C12H19NO4S. The summed E-state index contributed by atoms with van der Waals surface area (Å²) in [6.07, 6.45) is 4.17. The van der Waals surface area contributed by atoms with Crippen LogP contribution in [0.5, 0.6) is 0 Å². The predicted octanol–water partition coefficient (Wildman–Crippen LogP) is 1.87. The molecule has 0 N–H and O–H groups in total. The van der Waals surface area contributed by atoms with Gasteiger partial charge in [-0.3, -0.25) is 0 Å². The number of nitrogens with zero attached hydrogens (tertiary/aromatic N) is 1. The molecule has 1 rings (SSSR count). The third-order valence-corrected chi connectivity index (χ3v) is 3.93. The Morgan fingerprint density at radius 3 is 2.44 bits per heavy atom. The first kappa shape index (κ1) is 14.8. The quantitative estimate of drug-likeness (QED) is 0.607. The van der Waals surface area contributed by atoms with Gasteiger partial charge in [-0.2, -0.15) is 0 Å². The SMILES string of the molecule is CCCCOC(=O)c1cn(S(C)(=O)=O)c(C)c1C. The number of hydrogen-bond acceptors (Lipinski definition) is 4. The fourth-order valence-corrected chi connectivity index (χ4v) is 2.54. The van der Waals surface area contributed by atoms with Gasteiger partial charge in [-0.15, -0.1) is 0 Å². The minimum absolute atomic E-state index is 0.314. The van der Waals surface area contributed by atoms with E-state index in [1.807, 2.05) is 6.92 Å². The number of aromatic nitrogens is 1. The predicted molar refractivity (Wildman–Crippen MR) is 69.3 cm³/mol. The lowest BCUT2D eigenvalue weighted by Gasteiger charge is -2.02. The lowest BCUT2D eigenvalue weighted by molar-refractivity contribution is 0.0499. The summed E-state index contributed by atoms with van der Waals surface area (Å²) in [6.45, 7) is 5.74. The van der Waals surface area contributed by atoms with Gasteiger partial charge in [-0.05, 0) is 25.8 Å². The largest absolute Gasteiger partial charge is 0.462 e. The highest BCUT2D eigenvalue weighted by Crippen LogP contribution is 2.18. The van der Waals surface area contributed by atoms with Gasteiger partial charge in [0.05, 0.1) is 18.4 Å². The minimum Gasteiger partial charge on any atom is -0.462 e. The van der Waals surface area contributed by atoms with Crippen LogP contribution in [0.25, 0.3) is 0 Å². The molecule has 0 radical (unpaired) electrons. The second kappa shape index (κ2) is 5.56. The average Bonchev–Trinajstić information content (AvgIpc) is 2.56. The van der Waals surface area contributed by atoms with Crippen LogP contribution in [0.1, 0.15) is 41.4 Å². The van der Waals surface area contributed by atoms with Gasteiger partial charge in [0.1, 0.15) is 0 Å². The van der Waals surface area contributed by atoms with Gasteiger partial charge in [0, 0.05) is 11.9 Å². The van der Waals surface area contributed by atoms with Crippen molar-refractivity contribution in [3.8, 4) is 0 Å². The Hall–Kier alpha value is -1.30. The molecule has 0 aliphatic rings. The normalized spacial score (nSPS) is 11.6. The molecule has 102 valence electrons. The summed E-state index contributed by atoms with van der Waals surface area (Å²) >= 11 is 0. The molecule has 1 heterocycles. The Labute approximate surface area is 108 Å². The third-order valence-electron chi connectivity index (χ3n) is 2.83. The number of unbranched alkanes of at least 4 members (excludes halogenated alkanes) is 1. The topological polar surface area (TPSA) is 65.4 Å². The molecule has 5 nitrogen and oxygen atoms in total. The number of carbonyl (C=O) groups is 1. The fourth-order valence-electron chi connectivity index (χ4n) is 1.61. The Kier molecular flexibility index (Phi) is 4.56. The Morgan fingerprint density at radius 2 is 2.00 bits per heavy atom. The first-order valence-corrected chi connectivity index (χ1v) is 7.70. The van der Waals surface area contributed by atoms with Gasteiger partial charge in [-0.25, -0.2) is 17.2 Å². The fraction of sp³-hybridized carbons (Fsp3) is 0.583. The van der Waals surface area contributed by atoms with Gasteiger partial charge in [0.2, 0.25) is 10.0 Å². The van der Waals surface area contributed by atoms with E-state index >= 15 is 0 Å². The first-order chi connectivity index (χ1) is 8.29. The van der Waals surface area contributed by atoms with Gasteiger partial charge >= 0.3 is 5.97 Å². The van der Waals surface area contributed by atoms with E-state index in [1.165, 1.54) is 6.20 Å². The van der Waals surface area contributed by atoms with E-state index < -0.39 is 16.0 Å². The number of hydrogen-bond donors (Lipinski definition) is 0. The first-order valence-electron chi connectivity index (χ1n) is 5.85. The summed E-state index contributed by atoms with van der Waals surface area (Å²) in [6, 6.07) is 0. The molecule has 0 fully saturated rings. The third kappa shape index (κ3) is 3.13. The number of ether oxygens (including phenoxy) is 1. The van der Waals surface area contributed by atoms with Crippen molar-refractivity contribution in [1.82, 2.24) is 3.97 Å². The highest BCUT2D eigenvalue weighted by atomic mass is 32.2. The molecule has 18 heavy (non-hydrogen) atoms. The lowest BCUT2D eigenvalue weighted by atomic mass is 10.2. The smallest absolute Gasteiger partial charge is 0.339 e. The Morgan fingerprint density at radius 1 is 1.39 bits per heavy atom. The van der Waals surface area contributed by atoms with Crippen molar-refractivity contribution in [2.24, 2.45) is 0 Å². The van der Waals surface area contributed by atoms with Crippen molar-refractivity contribution >= 4 is 16.0 Å². The van der Waals surface area contributed by atoms with Crippen LogP contribution in [0, 0.1) is 13.8 Å². The van der Waals surface area contributed by atoms with Crippen LogP contribution in [-0.4, -0.2) is 31.2 Å². The average molecular weight is 273 g/mol. The van der Waals surface area contributed by atoms with Crippen molar-refractivity contribution in [2.75, 3.05) is 12.9 Å². The van der Waals surface area contributed by atoms with Gasteiger partial charge < -0.3 is 4.74 Å². The molecule has 0 amide bonds. The summed E-state index contributed by atoms with van der Waals surface area (Å²) in [5.41, 5.74) is 1.50. The molecule has 0 atom stereocenters. The van der Waals surface area contributed by atoms with Gasteiger partial charge in [0.15, 0.2) is 0 Å². The zero-order chi connectivity index (χ0) is 13.9. The zero-order valence-electron chi connectivity index (χ0n) is 11.2. The maximum absolute atomic E-state index is 11.8. The molecule has 0 saturated carbocycles. The van der Waals surface area contributed by atoms with E-state index in [0.29, 0.717) is 23.4 Å². The highest BCUT2D eigenvalue weighted by molar-refractivity contribution is 7.89. The van der Waals surface area contributed by atoms with Crippen LogP contribution in [0.2, 0.25) is 0 Å². The van der Waals surface area contributed by atoms with Crippen molar-refractivity contribution in [2.45, 2.75) is 33.6 Å². The molecule has 0 bridgehead atoms. The molecule has 1 aromatic rings. The van der Waals surface area contributed by atoms with Crippen LogP contribution < -0.4 is 0 Å². The second-order valence-electron chi connectivity index (χ2n) is 4.30. The van der Waals surface area contributed by atoms with Crippen LogP contribution in [0.4, 0.5) is 0 Å². The summed E-state index contributed by atoms with van der Waals surface area (Å²) in [5, 5.41) is 0.